The molecular weight excluding hydrogens is 679 g/mol. The van der Waals surface area contributed by atoms with Crippen molar-refractivity contribution in [1.82, 2.24) is 0 Å². The van der Waals surface area contributed by atoms with Crippen LogP contribution >= 0.6 is 0 Å². The van der Waals surface area contributed by atoms with Crippen molar-refractivity contribution in [3.63, 3.8) is 0 Å². The van der Waals surface area contributed by atoms with Gasteiger partial charge in [0.2, 0.25) is 0 Å². The first-order valence-electron chi connectivity index (χ1n) is 19.2. The van der Waals surface area contributed by atoms with E-state index >= 15 is 0 Å². The number of ether oxygens (including phenoxy) is 1. The zero-order valence-corrected chi connectivity index (χ0v) is 30.6. The Hall–Kier alpha value is -7.42. The van der Waals surface area contributed by atoms with E-state index in [2.05, 4.69) is 211 Å². The smallest absolute Gasteiger partial charge is 0.135 e. The molecule has 0 radical (unpaired) electrons. The summed E-state index contributed by atoms with van der Waals surface area (Å²) < 4.78 is 6.38. The molecule has 1 heterocycles. The van der Waals surface area contributed by atoms with Gasteiger partial charge in [-0.1, -0.05) is 164 Å². The van der Waals surface area contributed by atoms with Crippen molar-refractivity contribution < 1.29 is 4.74 Å². The van der Waals surface area contributed by atoms with Gasteiger partial charge in [0.15, 0.2) is 0 Å². The van der Waals surface area contributed by atoms with Gasteiger partial charge in [-0.05, 0) is 103 Å². The first-order valence-corrected chi connectivity index (χ1v) is 19.2. The second-order valence-corrected chi connectivity index (χ2v) is 14.5. The third-order valence-corrected chi connectivity index (χ3v) is 11.2. The summed E-state index contributed by atoms with van der Waals surface area (Å²) in [6, 6.07) is 76.6. The van der Waals surface area contributed by atoms with Crippen LogP contribution < -0.4 is 9.64 Å². The summed E-state index contributed by atoms with van der Waals surface area (Å²) in [7, 11) is 0. The fourth-order valence-corrected chi connectivity index (χ4v) is 8.71. The molecule has 0 N–H and O–H groups in total. The number of para-hydroxylation sites is 2. The van der Waals surface area contributed by atoms with E-state index < -0.39 is 0 Å². The maximum atomic E-state index is 6.38. The molecule has 2 nitrogen and oxygen atoms in total. The summed E-state index contributed by atoms with van der Waals surface area (Å²) >= 11 is 0. The largest absolute Gasteiger partial charge is 0.456 e. The highest BCUT2D eigenvalue weighted by molar-refractivity contribution is 6.10. The average molecular weight is 714 g/mol. The monoisotopic (exact) mass is 713 g/mol. The quantitative estimate of drug-likeness (QED) is 0.170. The van der Waals surface area contributed by atoms with Gasteiger partial charge in [-0.15, -0.1) is 0 Å². The summed E-state index contributed by atoms with van der Waals surface area (Å²) in [6.07, 6.45) is 0. The lowest BCUT2D eigenvalue weighted by atomic mass is 9.90. The summed E-state index contributed by atoms with van der Waals surface area (Å²) in [6.45, 7) is 0. The predicted molar refractivity (Wildman–Crippen MR) is 235 cm³/mol. The highest BCUT2D eigenvalue weighted by atomic mass is 16.5. The molecule has 0 spiro atoms. The number of benzene rings is 10. The number of fused-ring (bicyclic) bond motifs is 4. The molecule has 0 saturated carbocycles. The molecular formula is C54H35NO. The first-order chi connectivity index (χ1) is 27.8. The van der Waals surface area contributed by atoms with Crippen molar-refractivity contribution in [2.45, 2.75) is 0 Å². The molecule has 0 atom stereocenters. The SMILES string of the molecule is c1ccc(-c2cccc3cccc(-c4ccccc4N(c4cccc(-c5cc6c7c(cccc7c5)Oc5ccccc5-6)c4)c4cccc5ccccc45)c23)cc1. The van der Waals surface area contributed by atoms with Crippen LogP contribution in [0.1, 0.15) is 0 Å². The van der Waals surface area contributed by atoms with Crippen LogP contribution in [0.2, 0.25) is 0 Å². The van der Waals surface area contributed by atoms with Crippen LogP contribution in [0, 0.1) is 0 Å². The van der Waals surface area contributed by atoms with Gasteiger partial charge in [-0.3, -0.25) is 0 Å². The van der Waals surface area contributed by atoms with Crippen molar-refractivity contribution in [3.05, 3.63) is 212 Å². The second-order valence-electron chi connectivity index (χ2n) is 14.5. The van der Waals surface area contributed by atoms with Crippen LogP contribution in [-0.4, -0.2) is 0 Å². The molecule has 10 aromatic carbocycles. The molecule has 10 aromatic rings. The fraction of sp³-hybridized carbons (Fsp3) is 0. The lowest BCUT2D eigenvalue weighted by molar-refractivity contribution is 0.487. The standard InChI is InChI=1S/C54H35NO/c1-2-15-37(16-3-1)44-27-11-19-38-20-12-28-47(53(38)44)45-25-6-8-29-50(45)55(49-30-13-18-36-17-4-5-24-43(36)49)42-23-10-21-39(34-42)41-33-40-22-14-32-52-54(40)48(35-41)46-26-7-9-31-51(46)56-52/h1-35H. The topological polar surface area (TPSA) is 12.5 Å². The Morgan fingerprint density at radius 3 is 1.82 bits per heavy atom. The van der Waals surface area contributed by atoms with E-state index in [4.69, 9.17) is 4.74 Å². The van der Waals surface area contributed by atoms with Crippen molar-refractivity contribution >= 4 is 49.4 Å². The number of anilines is 3. The molecule has 1 aliphatic rings. The van der Waals surface area contributed by atoms with E-state index in [9.17, 15) is 0 Å². The molecule has 56 heavy (non-hydrogen) atoms. The summed E-state index contributed by atoms with van der Waals surface area (Å²) in [5.41, 5.74) is 12.7. The van der Waals surface area contributed by atoms with Crippen LogP contribution in [0.3, 0.4) is 0 Å². The van der Waals surface area contributed by atoms with Gasteiger partial charge in [-0.25, -0.2) is 0 Å². The Morgan fingerprint density at radius 2 is 0.911 bits per heavy atom. The van der Waals surface area contributed by atoms with Crippen molar-refractivity contribution in [3.8, 4) is 56.0 Å². The minimum absolute atomic E-state index is 0.890. The van der Waals surface area contributed by atoms with E-state index in [1.807, 2.05) is 6.07 Å². The molecule has 11 rings (SSSR count). The number of nitrogens with zero attached hydrogens (tertiary/aromatic N) is 1. The molecule has 0 aromatic heterocycles. The van der Waals surface area contributed by atoms with Gasteiger partial charge in [0.25, 0.3) is 0 Å². The van der Waals surface area contributed by atoms with Crippen LogP contribution in [0.4, 0.5) is 17.1 Å². The number of rotatable bonds is 6. The molecule has 0 aliphatic carbocycles. The zero-order valence-electron chi connectivity index (χ0n) is 30.6. The molecule has 1 aliphatic heterocycles. The lowest BCUT2D eigenvalue weighted by Gasteiger charge is -2.30. The van der Waals surface area contributed by atoms with Crippen LogP contribution in [-0.2, 0) is 0 Å². The average Bonchev–Trinajstić information content (AvgIpc) is 3.27. The minimum Gasteiger partial charge on any atom is -0.456 e. The van der Waals surface area contributed by atoms with E-state index in [1.54, 1.807) is 0 Å². The van der Waals surface area contributed by atoms with Gasteiger partial charge in [-0.2, -0.15) is 0 Å². The first kappa shape index (κ1) is 32.0. The highest BCUT2D eigenvalue weighted by Gasteiger charge is 2.23. The van der Waals surface area contributed by atoms with Gasteiger partial charge in [0, 0.05) is 27.6 Å². The second kappa shape index (κ2) is 13.2. The third kappa shape index (κ3) is 5.26. The predicted octanol–water partition coefficient (Wildman–Crippen LogP) is 15.4. The van der Waals surface area contributed by atoms with E-state index in [-0.39, 0.29) is 0 Å². The van der Waals surface area contributed by atoms with Crippen LogP contribution in [0.15, 0.2) is 212 Å². The van der Waals surface area contributed by atoms with Crippen molar-refractivity contribution in [1.29, 1.82) is 0 Å². The van der Waals surface area contributed by atoms with Gasteiger partial charge in [0.1, 0.15) is 11.5 Å². The number of hydrogen-bond donors (Lipinski definition) is 0. The molecule has 262 valence electrons. The zero-order chi connectivity index (χ0) is 37.0. The third-order valence-electron chi connectivity index (χ3n) is 11.2. The Bertz CT molecular complexity index is 3120. The fourth-order valence-electron chi connectivity index (χ4n) is 8.71. The summed E-state index contributed by atoms with van der Waals surface area (Å²) in [5, 5.41) is 7.17. The highest BCUT2D eigenvalue weighted by Crippen LogP contribution is 2.50. The van der Waals surface area contributed by atoms with Gasteiger partial charge < -0.3 is 9.64 Å². The Labute approximate surface area is 326 Å². The minimum atomic E-state index is 0.890. The van der Waals surface area contributed by atoms with Gasteiger partial charge in [0.05, 0.1) is 11.4 Å². The summed E-state index contributed by atoms with van der Waals surface area (Å²) in [4.78, 5) is 2.46. The van der Waals surface area contributed by atoms with Crippen LogP contribution in [0.25, 0.3) is 76.8 Å². The molecule has 0 fully saturated rings. The Morgan fingerprint density at radius 1 is 0.304 bits per heavy atom. The van der Waals surface area contributed by atoms with E-state index in [0.717, 1.165) is 56.0 Å². The van der Waals surface area contributed by atoms with Crippen LogP contribution in [0.5, 0.6) is 11.5 Å². The van der Waals surface area contributed by atoms with Gasteiger partial charge >= 0.3 is 0 Å². The maximum absolute atomic E-state index is 6.38. The van der Waals surface area contributed by atoms with E-state index in [0.29, 0.717) is 0 Å². The van der Waals surface area contributed by atoms with Crippen molar-refractivity contribution in [2.75, 3.05) is 4.90 Å². The Kier molecular flexibility index (Phi) is 7.53. The molecule has 0 amide bonds. The molecule has 0 saturated heterocycles. The van der Waals surface area contributed by atoms with Crippen molar-refractivity contribution in [2.24, 2.45) is 0 Å². The molecule has 0 bridgehead atoms. The normalized spacial score (nSPS) is 11.7. The lowest BCUT2D eigenvalue weighted by Crippen LogP contribution is -2.12. The molecule has 2 heteroatoms. The number of hydrogen-bond acceptors (Lipinski definition) is 2. The Balaban J connectivity index is 1.15. The molecule has 0 unspecified atom stereocenters. The maximum Gasteiger partial charge on any atom is 0.135 e. The summed E-state index contributed by atoms with van der Waals surface area (Å²) in [5.74, 6) is 1.79. The van der Waals surface area contributed by atoms with E-state index in [1.165, 1.54) is 49.4 Å².